The summed E-state index contributed by atoms with van der Waals surface area (Å²) >= 11 is 0. The normalized spacial score (nSPS) is 13.1. The lowest BCUT2D eigenvalue weighted by molar-refractivity contribution is 0.201. The number of aromatic nitrogens is 1. The molecular formula is C11H13NO2. The molecule has 1 atom stereocenters. The van der Waals surface area contributed by atoms with Crippen LogP contribution in [-0.2, 0) is 0 Å². The van der Waals surface area contributed by atoms with E-state index in [-0.39, 0.29) is 0 Å². The highest BCUT2D eigenvalue weighted by molar-refractivity contribution is 5.84. The third kappa shape index (κ3) is 1.36. The average molecular weight is 191 g/mol. The number of hydrogen-bond donors (Lipinski definition) is 2. The highest BCUT2D eigenvalue weighted by Gasteiger charge is 2.08. The number of ether oxygens (including phenoxy) is 1. The molecule has 2 N–H and O–H groups in total. The minimum Gasteiger partial charge on any atom is -0.497 e. The highest BCUT2D eigenvalue weighted by Crippen LogP contribution is 2.27. The van der Waals surface area contributed by atoms with Crippen molar-refractivity contribution in [3.8, 4) is 5.75 Å². The van der Waals surface area contributed by atoms with Crippen molar-refractivity contribution in [2.45, 2.75) is 13.0 Å². The zero-order valence-corrected chi connectivity index (χ0v) is 8.24. The lowest BCUT2D eigenvalue weighted by Crippen LogP contribution is -1.88. The van der Waals surface area contributed by atoms with Gasteiger partial charge in [0, 0.05) is 22.7 Å². The van der Waals surface area contributed by atoms with Crippen LogP contribution in [0, 0.1) is 0 Å². The second-order valence-corrected chi connectivity index (χ2v) is 3.33. The Bertz CT molecular complexity index is 445. The molecule has 1 heterocycles. The Morgan fingerprint density at radius 1 is 1.43 bits per heavy atom. The Hall–Kier alpha value is -1.48. The van der Waals surface area contributed by atoms with E-state index < -0.39 is 6.10 Å². The molecule has 3 nitrogen and oxygen atoms in total. The van der Waals surface area contributed by atoms with Crippen LogP contribution in [-0.4, -0.2) is 17.2 Å². The van der Waals surface area contributed by atoms with Gasteiger partial charge >= 0.3 is 0 Å². The minimum absolute atomic E-state index is 0.462. The zero-order chi connectivity index (χ0) is 10.1. The molecule has 0 amide bonds. The SMILES string of the molecule is COc1ccc2[nH]cc([C@@H](C)O)c2c1. The fraction of sp³-hybridized carbons (Fsp3) is 0.273. The predicted molar refractivity (Wildman–Crippen MR) is 55.5 cm³/mol. The number of benzene rings is 1. The molecule has 1 aromatic heterocycles. The van der Waals surface area contributed by atoms with Crippen LogP contribution in [0.3, 0.4) is 0 Å². The van der Waals surface area contributed by atoms with Crippen LogP contribution in [0.4, 0.5) is 0 Å². The van der Waals surface area contributed by atoms with Crippen molar-refractivity contribution in [1.82, 2.24) is 4.98 Å². The number of aliphatic hydroxyl groups is 1. The van der Waals surface area contributed by atoms with E-state index in [9.17, 15) is 5.11 Å². The smallest absolute Gasteiger partial charge is 0.119 e. The van der Waals surface area contributed by atoms with E-state index in [1.54, 1.807) is 14.0 Å². The quantitative estimate of drug-likeness (QED) is 0.764. The number of fused-ring (bicyclic) bond motifs is 1. The van der Waals surface area contributed by atoms with Gasteiger partial charge in [-0.2, -0.15) is 0 Å². The molecule has 3 heteroatoms. The highest BCUT2D eigenvalue weighted by atomic mass is 16.5. The van der Waals surface area contributed by atoms with Crippen molar-refractivity contribution < 1.29 is 9.84 Å². The molecule has 0 aliphatic rings. The molecule has 0 radical (unpaired) electrons. The van der Waals surface area contributed by atoms with Crippen LogP contribution in [0.5, 0.6) is 5.75 Å². The summed E-state index contributed by atoms with van der Waals surface area (Å²) in [4.78, 5) is 3.11. The molecule has 0 bridgehead atoms. The van der Waals surface area contributed by atoms with E-state index in [4.69, 9.17) is 4.74 Å². The second-order valence-electron chi connectivity index (χ2n) is 3.33. The molecule has 0 fully saturated rings. The maximum absolute atomic E-state index is 9.51. The monoisotopic (exact) mass is 191 g/mol. The van der Waals surface area contributed by atoms with Gasteiger partial charge < -0.3 is 14.8 Å². The van der Waals surface area contributed by atoms with Crippen LogP contribution < -0.4 is 4.74 Å². The number of hydrogen-bond acceptors (Lipinski definition) is 2. The third-order valence-electron chi connectivity index (χ3n) is 2.37. The van der Waals surface area contributed by atoms with Crippen molar-refractivity contribution in [2.75, 3.05) is 7.11 Å². The molecule has 0 aliphatic heterocycles. The lowest BCUT2D eigenvalue weighted by Gasteiger charge is -2.03. The van der Waals surface area contributed by atoms with Crippen LogP contribution >= 0.6 is 0 Å². The van der Waals surface area contributed by atoms with E-state index in [0.717, 1.165) is 22.2 Å². The van der Waals surface area contributed by atoms with Gasteiger partial charge in [-0.15, -0.1) is 0 Å². The van der Waals surface area contributed by atoms with Crippen molar-refractivity contribution in [1.29, 1.82) is 0 Å². The summed E-state index contributed by atoms with van der Waals surface area (Å²) < 4.78 is 5.13. The Morgan fingerprint density at radius 3 is 2.86 bits per heavy atom. The molecule has 0 saturated carbocycles. The van der Waals surface area contributed by atoms with Gasteiger partial charge in [-0.25, -0.2) is 0 Å². The standard InChI is InChI=1S/C11H13NO2/c1-7(13)10-6-12-11-4-3-8(14-2)5-9(10)11/h3-7,12-13H,1-2H3/t7-/m1/s1. The van der Waals surface area contributed by atoms with Gasteiger partial charge in [0.25, 0.3) is 0 Å². The van der Waals surface area contributed by atoms with E-state index in [0.29, 0.717) is 0 Å². The van der Waals surface area contributed by atoms with E-state index in [2.05, 4.69) is 4.98 Å². The van der Waals surface area contributed by atoms with Crippen molar-refractivity contribution in [2.24, 2.45) is 0 Å². The first kappa shape index (κ1) is 9.09. The van der Waals surface area contributed by atoms with Gasteiger partial charge in [0.05, 0.1) is 13.2 Å². The number of methoxy groups -OCH3 is 1. The van der Waals surface area contributed by atoms with Gasteiger partial charge in [-0.1, -0.05) is 0 Å². The summed E-state index contributed by atoms with van der Waals surface area (Å²) in [6, 6.07) is 5.76. The molecule has 14 heavy (non-hydrogen) atoms. The molecule has 0 unspecified atom stereocenters. The first-order valence-corrected chi connectivity index (χ1v) is 4.55. The summed E-state index contributed by atoms with van der Waals surface area (Å²) in [5.41, 5.74) is 1.92. The summed E-state index contributed by atoms with van der Waals surface area (Å²) in [6.45, 7) is 1.75. The largest absolute Gasteiger partial charge is 0.497 e. The maximum atomic E-state index is 9.51. The molecule has 0 aliphatic carbocycles. The Labute approximate surface area is 82.3 Å². The lowest BCUT2D eigenvalue weighted by atomic mass is 10.1. The molecule has 0 spiro atoms. The molecule has 2 rings (SSSR count). The minimum atomic E-state index is -0.462. The summed E-state index contributed by atoms with van der Waals surface area (Å²) in [5, 5.41) is 10.5. The van der Waals surface area contributed by atoms with Crippen molar-refractivity contribution in [3.05, 3.63) is 30.0 Å². The summed E-state index contributed by atoms with van der Waals surface area (Å²) in [5.74, 6) is 0.805. The zero-order valence-electron chi connectivity index (χ0n) is 8.24. The van der Waals surface area contributed by atoms with Crippen molar-refractivity contribution >= 4 is 10.9 Å². The second kappa shape index (κ2) is 3.35. The van der Waals surface area contributed by atoms with E-state index in [1.807, 2.05) is 24.4 Å². The fourth-order valence-electron chi connectivity index (χ4n) is 1.59. The van der Waals surface area contributed by atoms with Crippen LogP contribution in [0.1, 0.15) is 18.6 Å². The van der Waals surface area contributed by atoms with Gasteiger partial charge in [0.1, 0.15) is 5.75 Å². The molecule has 2 aromatic rings. The van der Waals surface area contributed by atoms with Crippen LogP contribution in [0.25, 0.3) is 10.9 Å². The summed E-state index contributed by atoms with van der Waals surface area (Å²) in [6.07, 6.45) is 1.37. The summed E-state index contributed by atoms with van der Waals surface area (Å²) in [7, 11) is 1.63. The maximum Gasteiger partial charge on any atom is 0.119 e. The van der Waals surface area contributed by atoms with Crippen LogP contribution in [0.15, 0.2) is 24.4 Å². The topological polar surface area (TPSA) is 45.2 Å². The van der Waals surface area contributed by atoms with E-state index in [1.165, 1.54) is 0 Å². The Kier molecular flexibility index (Phi) is 2.17. The molecular weight excluding hydrogens is 178 g/mol. The van der Waals surface area contributed by atoms with Gasteiger partial charge in [-0.05, 0) is 25.1 Å². The van der Waals surface area contributed by atoms with E-state index >= 15 is 0 Å². The number of H-pyrrole nitrogens is 1. The van der Waals surface area contributed by atoms with Gasteiger partial charge in [0.2, 0.25) is 0 Å². The Balaban J connectivity index is 2.63. The van der Waals surface area contributed by atoms with Crippen molar-refractivity contribution in [3.63, 3.8) is 0 Å². The van der Waals surface area contributed by atoms with Crippen LogP contribution in [0.2, 0.25) is 0 Å². The molecule has 1 aromatic carbocycles. The first-order valence-electron chi connectivity index (χ1n) is 4.55. The third-order valence-corrected chi connectivity index (χ3v) is 2.37. The fourth-order valence-corrected chi connectivity index (χ4v) is 1.59. The Morgan fingerprint density at radius 2 is 2.21 bits per heavy atom. The molecule has 74 valence electrons. The molecule has 0 saturated heterocycles. The van der Waals surface area contributed by atoms with Gasteiger partial charge in [0.15, 0.2) is 0 Å². The average Bonchev–Trinajstić information content (AvgIpc) is 2.59. The number of rotatable bonds is 2. The first-order chi connectivity index (χ1) is 6.72. The number of aliphatic hydroxyl groups excluding tert-OH is 1. The number of aromatic amines is 1. The predicted octanol–water partition coefficient (Wildman–Crippen LogP) is 2.23. The van der Waals surface area contributed by atoms with Gasteiger partial charge in [-0.3, -0.25) is 0 Å². The number of nitrogens with one attached hydrogen (secondary N) is 1.